The van der Waals surface area contributed by atoms with Crippen molar-refractivity contribution in [1.82, 2.24) is 4.98 Å². The molecule has 2 aromatic rings. The van der Waals surface area contributed by atoms with E-state index in [9.17, 15) is 9.59 Å². The van der Waals surface area contributed by atoms with Crippen molar-refractivity contribution < 1.29 is 14.7 Å². The van der Waals surface area contributed by atoms with Crippen molar-refractivity contribution in [1.29, 1.82) is 0 Å². The van der Waals surface area contributed by atoms with Gasteiger partial charge in [-0.15, -0.1) is 0 Å². The quantitative estimate of drug-likeness (QED) is 0.603. The molecule has 0 aliphatic carbocycles. The van der Waals surface area contributed by atoms with Crippen LogP contribution in [0.5, 0.6) is 0 Å². The highest BCUT2D eigenvalue weighted by Crippen LogP contribution is 2.29. The lowest BCUT2D eigenvalue weighted by Gasteiger charge is -2.16. The molecular weight excluding hydrogens is 272 g/mol. The third kappa shape index (κ3) is 3.02. The van der Waals surface area contributed by atoms with Crippen LogP contribution in [0.3, 0.4) is 0 Å². The lowest BCUT2D eigenvalue weighted by Crippen LogP contribution is -2.34. The van der Waals surface area contributed by atoms with Crippen LogP contribution in [0.15, 0.2) is 24.4 Å². The lowest BCUT2D eigenvalue weighted by atomic mass is 10.1. The summed E-state index contributed by atoms with van der Waals surface area (Å²) >= 11 is 0. The molecule has 7 nitrogen and oxygen atoms in total. The van der Waals surface area contributed by atoms with E-state index >= 15 is 0 Å². The van der Waals surface area contributed by atoms with E-state index in [0.29, 0.717) is 16.9 Å². The number of amides is 1. The first-order valence-electron chi connectivity index (χ1n) is 6.31. The third-order valence-corrected chi connectivity index (χ3v) is 3.15. The molecular formula is C14H16N4O3. The molecule has 1 atom stereocenters. The van der Waals surface area contributed by atoms with E-state index in [1.165, 1.54) is 0 Å². The lowest BCUT2D eigenvalue weighted by molar-refractivity contribution is -0.139. The van der Waals surface area contributed by atoms with Gasteiger partial charge in [-0.25, -0.2) is 9.78 Å². The molecule has 0 radical (unpaired) electrons. The predicted octanol–water partition coefficient (Wildman–Crippen LogP) is 0.866. The van der Waals surface area contributed by atoms with E-state index < -0.39 is 17.9 Å². The van der Waals surface area contributed by atoms with E-state index in [2.05, 4.69) is 10.3 Å². The minimum Gasteiger partial charge on any atom is -0.480 e. The van der Waals surface area contributed by atoms with Crippen molar-refractivity contribution >= 4 is 34.2 Å². The number of aromatic nitrogens is 1. The summed E-state index contributed by atoms with van der Waals surface area (Å²) in [7, 11) is 0. The molecule has 0 aliphatic rings. The number of rotatable bonds is 5. The van der Waals surface area contributed by atoms with Gasteiger partial charge in [0.05, 0.1) is 6.42 Å². The van der Waals surface area contributed by atoms with E-state index in [1.54, 1.807) is 24.4 Å². The average Bonchev–Trinajstić information content (AvgIpc) is 2.40. The zero-order valence-electron chi connectivity index (χ0n) is 11.5. The number of carbonyl (C=O) groups excluding carboxylic acids is 1. The second-order valence-electron chi connectivity index (χ2n) is 4.77. The minimum absolute atomic E-state index is 0.325. The Morgan fingerprint density at radius 3 is 2.76 bits per heavy atom. The fourth-order valence-corrected chi connectivity index (χ4v) is 2.18. The first kappa shape index (κ1) is 14.6. The molecule has 0 saturated heterocycles. The number of carboxylic acids is 1. The Hall–Kier alpha value is -2.83. The number of anilines is 2. The number of hydrogen-bond acceptors (Lipinski definition) is 5. The largest absolute Gasteiger partial charge is 0.480 e. The Morgan fingerprint density at radius 1 is 1.43 bits per heavy atom. The number of hydrogen-bond donors (Lipinski definition) is 4. The molecule has 1 heterocycles. The van der Waals surface area contributed by atoms with Crippen molar-refractivity contribution in [2.24, 2.45) is 5.73 Å². The van der Waals surface area contributed by atoms with Gasteiger partial charge in [-0.05, 0) is 18.6 Å². The van der Waals surface area contributed by atoms with Gasteiger partial charge in [-0.3, -0.25) is 4.79 Å². The summed E-state index contributed by atoms with van der Waals surface area (Å²) in [5.74, 6) is -1.52. The molecule has 1 aromatic carbocycles. The van der Waals surface area contributed by atoms with Crippen LogP contribution < -0.4 is 16.8 Å². The molecule has 0 aliphatic heterocycles. The minimum atomic E-state index is -1.17. The molecule has 2 rings (SSSR count). The number of nitrogens with one attached hydrogen (secondary N) is 1. The Morgan fingerprint density at radius 2 is 2.14 bits per heavy atom. The maximum Gasteiger partial charge on any atom is 0.326 e. The van der Waals surface area contributed by atoms with Crippen LogP contribution in [0, 0.1) is 6.92 Å². The van der Waals surface area contributed by atoms with Gasteiger partial charge < -0.3 is 21.9 Å². The number of carbonyl (C=O) groups is 2. The molecule has 7 heteroatoms. The van der Waals surface area contributed by atoms with Gasteiger partial charge in [0.1, 0.15) is 11.9 Å². The molecule has 0 spiro atoms. The number of aliphatic carboxylic acids is 1. The summed E-state index contributed by atoms with van der Waals surface area (Å²) in [4.78, 5) is 26.3. The number of fused-ring (bicyclic) bond motifs is 1. The summed E-state index contributed by atoms with van der Waals surface area (Å²) in [5.41, 5.74) is 12.5. The van der Waals surface area contributed by atoms with Crippen molar-refractivity contribution in [2.45, 2.75) is 19.4 Å². The van der Waals surface area contributed by atoms with Gasteiger partial charge in [0.15, 0.2) is 0 Å². The van der Waals surface area contributed by atoms with Crippen LogP contribution in [-0.2, 0) is 9.59 Å². The Labute approximate surface area is 121 Å². The highest BCUT2D eigenvalue weighted by molar-refractivity contribution is 6.02. The van der Waals surface area contributed by atoms with E-state index in [1.807, 2.05) is 6.92 Å². The highest BCUT2D eigenvalue weighted by atomic mass is 16.4. The average molecular weight is 288 g/mol. The van der Waals surface area contributed by atoms with Crippen LogP contribution in [0.2, 0.25) is 0 Å². The summed E-state index contributed by atoms with van der Waals surface area (Å²) in [6, 6.07) is 4.17. The number of carboxylic acid groups (broad SMARTS) is 1. The number of nitrogens with zero attached hydrogens (tertiary/aromatic N) is 1. The number of pyridine rings is 1. The molecule has 0 bridgehead atoms. The fraction of sp³-hybridized carbons (Fsp3) is 0.214. The summed E-state index contributed by atoms with van der Waals surface area (Å²) < 4.78 is 0. The number of primary amides is 1. The Kier molecular flexibility index (Phi) is 3.93. The smallest absolute Gasteiger partial charge is 0.326 e. The van der Waals surface area contributed by atoms with Crippen molar-refractivity contribution in [3.05, 3.63) is 30.0 Å². The van der Waals surface area contributed by atoms with Gasteiger partial charge in [0, 0.05) is 22.7 Å². The predicted molar refractivity (Wildman–Crippen MR) is 79.8 cm³/mol. The van der Waals surface area contributed by atoms with Gasteiger partial charge in [0.25, 0.3) is 0 Å². The van der Waals surface area contributed by atoms with Crippen LogP contribution in [0.4, 0.5) is 11.5 Å². The normalized spacial score (nSPS) is 12.0. The fourth-order valence-electron chi connectivity index (χ4n) is 2.18. The third-order valence-electron chi connectivity index (χ3n) is 3.15. The Balaban J connectivity index is 2.47. The first-order chi connectivity index (χ1) is 9.90. The zero-order chi connectivity index (χ0) is 15.6. The number of nitrogens with two attached hydrogens (primary N) is 2. The monoisotopic (exact) mass is 288 g/mol. The molecule has 1 aromatic heterocycles. The van der Waals surface area contributed by atoms with Crippen molar-refractivity contribution in [3.8, 4) is 0 Å². The molecule has 0 saturated carbocycles. The molecule has 110 valence electrons. The van der Waals surface area contributed by atoms with Crippen LogP contribution in [0.25, 0.3) is 10.8 Å². The standard InChI is InChI=1S/C14H16N4O3/c1-7-6-17-13(8-3-2-4-9(15)12(7)8)18-10(14(20)21)5-11(16)19/h2-4,6,10H,5,15H2,1H3,(H2,16,19)(H,17,18)(H,20,21). The summed E-state index contributed by atoms with van der Waals surface area (Å²) in [6.07, 6.45) is 1.28. The topological polar surface area (TPSA) is 131 Å². The van der Waals surface area contributed by atoms with Gasteiger partial charge in [-0.1, -0.05) is 12.1 Å². The maximum absolute atomic E-state index is 11.2. The maximum atomic E-state index is 11.2. The molecule has 1 amide bonds. The van der Waals surface area contributed by atoms with E-state index in [0.717, 1.165) is 10.9 Å². The van der Waals surface area contributed by atoms with Crippen molar-refractivity contribution in [2.75, 3.05) is 11.1 Å². The molecule has 1 unspecified atom stereocenters. The first-order valence-corrected chi connectivity index (χ1v) is 6.31. The summed E-state index contributed by atoms with van der Waals surface area (Å²) in [6.45, 7) is 1.87. The highest BCUT2D eigenvalue weighted by Gasteiger charge is 2.21. The molecule has 6 N–H and O–H groups in total. The molecule has 0 fully saturated rings. The number of benzene rings is 1. The zero-order valence-corrected chi connectivity index (χ0v) is 11.5. The van der Waals surface area contributed by atoms with Crippen LogP contribution in [0.1, 0.15) is 12.0 Å². The van der Waals surface area contributed by atoms with Gasteiger partial charge in [-0.2, -0.15) is 0 Å². The number of nitrogen functional groups attached to an aromatic ring is 1. The van der Waals surface area contributed by atoms with E-state index in [4.69, 9.17) is 16.6 Å². The second kappa shape index (κ2) is 5.66. The van der Waals surface area contributed by atoms with Gasteiger partial charge in [0.2, 0.25) is 5.91 Å². The summed E-state index contributed by atoms with van der Waals surface area (Å²) in [5, 5.41) is 13.4. The van der Waals surface area contributed by atoms with Crippen molar-refractivity contribution in [3.63, 3.8) is 0 Å². The van der Waals surface area contributed by atoms with Crippen LogP contribution in [-0.4, -0.2) is 28.0 Å². The van der Waals surface area contributed by atoms with Crippen LogP contribution >= 0.6 is 0 Å². The molecule has 21 heavy (non-hydrogen) atoms. The Bertz CT molecular complexity index is 706. The number of aryl methyl sites for hydroxylation is 1. The second-order valence-corrected chi connectivity index (χ2v) is 4.77. The van der Waals surface area contributed by atoms with E-state index in [-0.39, 0.29) is 6.42 Å². The van der Waals surface area contributed by atoms with Gasteiger partial charge >= 0.3 is 5.97 Å². The SMILES string of the molecule is Cc1cnc(NC(CC(N)=O)C(=O)O)c2cccc(N)c12.